The first-order chi connectivity index (χ1) is 19.1. The van der Waals surface area contributed by atoms with E-state index in [0.717, 1.165) is 72.4 Å². The zero-order valence-corrected chi connectivity index (χ0v) is 23.4. The molecule has 3 unspecified atom stereocenters. The molecule has 0 saturated carbocycles. The van der Waals surface area contributed by atoms with Crippen molar-refractivity contribution in [1.82, 2.24) is 15.2 Å². The van der Waals surface area contributed by atoms with Crippen molar-refractivity contribution < 1.29 is 23.7 Å². The van der Waals surface area contributed by atoms with Crippen LogP contribution < -0.4 is 15.8 Å². The van der Waals surface area contributed by atoms with Gasteiger partial charge in [0.2, 0.25) is 5.91 Å². The number of aromatic nitrogens is 1. The highest BCUT2D eigenvalue weighted by Crippen LogP contribution is 2.45. The van der Waals surface area contributed by atoms with E-state index in [1.165, 1.54) is 11.3 Å². The summed E-state index contributed by atoms with van der Waals surface area (Å²) in [6.45, 7) is 5.09. The second kappa shape index (κ2) is 11.5. The SMILES string of the molecule is COc1cccc2sc(C3=CNC(CN4CCOCC4)(C4CCCCO4)C(C4CCCCO4)=C3C(N)=O)nc12. The smallest absolute Gasteiger partial charge is 0.249 e. The van der Waals surface area contributed by atoms with Crippen LogP contribution in [0.2, 0.25) is 0 Å². The van der Waals surface area contributed by atoms with Gasteiger partial charge in [0.15, 0.2) is 0 Å². The van der Waals surface area contributed by atoms with E-state index < -0.39 is 11.4 Å². The average Bonchev–Trinajstić information content (AvgIpc) is 3.43. The number of nitrogens with two attached hydrogens (primary N) is 1. The molecule has 4 aliphatic heterocycles. The minimum absolute atomic E-state index is 0.114. The number of methoxy groups -OCH3 is 1. The lowest BCUT2D eigenvalue weighted by atomic mass is 9.71. The number of hydrogen-bond acceptors (Lipinski definition) is 9. The zero-order valence-electron chi connectivity index (χ0n) is 22.6. The number of rotatable bonds is 7. The van der Waals surface area contributed by atoms with Crippen LogP contribution in [-0.2, 0) is 19.0 Å². The first-order valence-electron chi connectivity index (χ1n) is 14.1. The molecule has 5 heterocycles. The fourth-order valence-electron chi connectivity index (χ4n) is 6.51. The Morgan fingerprint density at radius 3 is 2.64 bits per heavy atom. The molecule has 10 heteroatoms. The number of primary amides is 1. The van der Waals surface area contributed by atoms with Crippen LogP contribution in [0.4, 0.5) is 0 Å². The second-order valence-corrected chi connectivity index (χ2v) is 11.8. The molecule has 6 rings (SSSR count). The number of nitrogens with zero attached hydrogens (tertiary/aromatic N) is 2. The van der Waals surface area contributed by atoms with E-state index in [0.29, 0.717) is 49.9 Å². The van der Waals surface area contributed by atoms with E-state index in [4.69, 9.17) is 29.7 Å². The van der Waals surface area contributed by atoms with Gasteiger partial charge < -0.3 is 30.0 Å². The fraction of sp³-hybridized carbons (Fsp3) is 0.586. The van der Waals surface area contributed by atoms with Gasteiger partial charge in [0.25, 0.3) is 0 Å². The molecule has 1 amide bonds. The first-order valence-corrected chi connectivity index (χ1v) is 14.9. The minimum Gasteiger partial charge on any atom is -0.494 e. The molecule has 0 bridgehead atoms. The number of fused-ring (bicyclic) bond motifs is 1. The van der Waals surface area contributed by atoms with Crippen molar-refractivity contribution in [2.75, 3.05) is 53.2 Å². The highest BCUT2D eigenvalue weighted by molar-refractivity contribution is 7.19. The van der Waals surface area contributed by atoms with Gasteiger partial charge in [-0.25, -0.2) is 4.98 Å². The van der Waals surface area contributed by atoms with Crippen molar-refractivity contribution in [3.05, 3.63) is 40.6 Å². The molecule has 39 heavy (non-hydrogen) atoms. The number of amides is 1. The maximum absolute atomic E-state index is 13.5. The molecule has 2 aromatic rings. The van der Waals surface area contributed by atoms with Crippen molar-refractivity contribution in [1.29, 1.82) is 0 Å². The predicted molar refractivity (Wildman–Crippen MR) is 151 cm³/mol. The van der Waals surface area contributed by atoms with Gasteiger partial charge in [-0.1, -0.05) is 6.07 Å². The summed E-state index contributed by atoms with van der Waals surface area (Å²) in [5.41, 5.74) is 8.56. The van der Waals surface area contributed by atoms with Crippen molar-refractivity contribution in [2.24, 2.45) is 5.73 Å². The molecule has 1 aromatic heterocycles. The van der Waals surface area contributed by atoms with Gasteiger partial charge in [-0.05, 0) is 50.7 Å². The molecule has 210 valence electrons. The first kappa shape index (κ1) is 26.7. The third-order valence-electron chi connectivity index (χ3n) is 8.38. The highest BCUT2D eigenvalue weighted by Gasteiger charge is 2.51. The van der Waals surface area contributed by atoms with E-state index in [1.807, 2.05) is 24.4 Å². The van der Waals surface area contributed by atoms with Crippen molar-refractivity contribution in [3.8, 4) is 5.75 Å². The topological polar surface area (TPSA) is 108 Å². The zero-order chi connectivity index (χ0) is 26.8. The number of carbonyl (C=O) groups is 1. The van der Waals surface area contributed by atoms with Crippen molar-refractivity contribution in [3.63, 3.8) is 0 Å². The molecular formula is C29H38N4O5S. The summed E-state index contributed by atoms with van der Waals surface area (Å²) < 4.78 is 25.2. The number of dihydropyridines is 1. The number of benzene rings is 1. The van der Waals surface area contributed by atoms with Crippen LogP contribution in [0.1, 0.15) is 43.5 Å². The van der Waals surface area contributed by atoms with Crippen LogP contribution in [0.5, 0.6) is 5.75 Å². The van der Waals surface area contributed by atoms with Gasteiger partial charge >= 0.3 is 0 Å². The fourth-order valence-corrected chi connectivity index (χ4v) is 7.52. The number of nitrogens with one attached hydrogen (secondary N) is 1. The van der Waals surface area contributed by atoms with Crippen LogP contribution in [0.25, 0.3) is 15.8 Å². The van der Waals surface area contributed by atoms with Gasteiger partial charge in [-0.2, -0.15) is 0 Å². The third kappa shape index (κ3) is 5.09. The summed E-state index contributed by atoms with van der Waals surface area (Å²) in [7, 11) is 1.65. The lowest BCUT2D eigenvalue weighted by molar-refractivity contribution is -0.114. The number of morpholine rings is 1. The molecule has 0 spiro atoms. The Balaban J connectivity index is 1.52. The van der Waals surface area contributed by atoms with E-state index in [-0.39, 0.29) is 12.2 Å². The summed E-state index contributed by atoms with van der Waals surface area (Å²) in [6, 6.07) is 5.88. The second-order valence-electron chi connectivity index (χ2n) is 10.8. The largest absolute Gasteiger partial charge is 0.494 e. The molecule has 3 fully saturated rings. The van der Waals surface area contributed by atoms with Gasteiger partial charge in [0, 0.05) is 50.2 Å². The molecule has 0 radical (unpaired) electrons. The lowest BCUT2D eigenvalue weighted by Gasteiger charge is -2.51. The predicted octanol–water partition coefficient (Wildman–Crippen LogP) is 3.24. The standard InChI is InChI=1S/C29H38N4O5S/c1-35-21-8-6-9-22-26(21)32-28(39-22)19-17-31-29(23-10-3-5-14-38-23,18-33-11-15-36-16-12-33)25(24(19)27(30)34)20-7-2-4-13-37-20/h6,8-9,17,20,23,31H,2-5,7,10-16,18H2,1H3,(H2,30,34). The maximum atomic E-state index is 13.5. The Hall–Kier alpha value is -2.50. The van der Waals surface area contributed by atoms with E-state index >= 15 is 0 Å². The number of ether oxygens (including phenoxy) is 4. The molecule has 9 nitrogen and oxygen atoms in total. The molecule has 0 aliphatic carbocycles. The van der Waals surface area contributed by atoms with Crippen LogP contribution in [0.15, 0.2) is 35.5 Å². The minimum atomic E-state index is -0.651. The molecule has 3 N–H and O–H groups in total. The van der Waals surface area contributed by atoms with Gasteiger partial charge in [-0.3, -0.25) is 9.69 Å². The highest BCUT2D eigenvalue weighted by atomic mass is 32.1. The number of thiazole rings is 1. The van der Waals surface area contributed by atoms with Gasteiger partial charge in [0.05, 0.1) is 42.8 Å². The van der Waals surface area contributed by atoms with E-state index in [2.05, 4.69) is 10.2 Å². The summed E-state index contributed by atoms with van der Waals surface area (Å²) in [5.74, 6) is 0.248. The Kier molecular flexibility index (Phi) is 7.91. The van der Waals surface area contributed by atoms with E-state index in [1.54, 1.807) is 7.11 Å². The number of para-hydroxylation sites is 1. The van der Waals surface area contributed by atoms with Crippen LogP contribution >= 0.6 is 11.3 Å². The van der Waals surface area contributed by atoms with Gasteiger partial charge in [-0.15, -0.1) is 11.3 Å². The average molecular weight is 555 g/mol. The number of carbonyl (C=O) groups excluding carboxylic acids is 1. The Labute approximate surface area is 233 Å². The van der Waals surface area contributed by atoms with Crippen molar-refractivity contribution in [2.45, 2.75) is 56.3 Å². The molecular weight excluding hydrogens is 516 g/mol. The molecule has 1 aromatic carbocycles. The Morgan fingerprint density at radius 2 is 1.95 bits per heavy atom. The monoisotopic (exact) mass is 554 g/mol. The summed E-state index contributed by atoms with van der Waals surface area (Å²) in [4.78, 5) is 20.9. The molecule has 3 atom stereocenters. The van der Waals surface area contributed by atoms with E-state index in [9.17, 15) is 4.79 Å². The quantitative estimate of drug-likeness (QED) is 0.537. The summed E-state index contributed by atoms with van der Waals surface area (Å²) >= 11 is 1.53. The van der Waals surface area contributed by atoms with Crippen LogP contribution in [0.3, 0.4) is 0 Å². The number of hydrogen-bond donors (Lipinski definition) is 2. The Bertz CT molecular complexity index is 1260. The van der Waals surface area contributed by atoms with Crippen LogP contribution in [-0.4, -0.2) is 86.7 Å². The summed E-state index contributed by atoms with van der Waals surface area (Å²) in [6.07, 6.45) is 7.53. The van der Waals surface area contributed by atoms with Gasteiger partial charge in [0.1, 0.15) is 21.8 Å². The molecule has 4 aliphatic rings. The van der Waals surface area contributed by atoms with Crippen molar-refractivity contribution >= 4 is 33.0 Å². The normalized spacial score (nSPS) is 28.7. The third-order valence-corrected chi connectivity index (χ3v) is 9.43. The van der Waals surface area contributed by atoms with Crippen LogP contribution in [0, 0.1) is 0 Å². The summed E-state index contributed by atoms with van der Waals surface area (Å²) in [5, 5.41) is 4.55. The molecule has 3 saturated heterocycles. The lowest BCUT2D eigenvalue weighted by Crippen LogP contribution is -2.66. The Morgan fingerprint density at radius 1 is 1.15 bits per heavy atom. The maximum Gasteiger partial charge on any atom is 0.249 e.